The van der Waals surface area contributed by atoms with E-state index in [9.17, 15) is 20.2 Å². The number of para-hydroxylation sites is 1. The van der Waals surface area contributed by atoms with E-state index >= 15 is 0 Å². The van der Waals surface area contributed by atoms with Gasteiger partial charge in [-0.2, -0.15) is 5.26 Å². The molecule has 0 unspecified atom stereocenters. The van der Waals surface area contributed by atoms with E-state index in [0.717, 1.165) is 6.20 Å². The SMILES string of the molecule is COc1ccccc1/C=C(\C#N)C(=O)Oc1ccc(/C=C/[N+](=O)[O-])cc1OC. The predicted octanol–water partition coefficient (Wildman–Crippen LogP) is 3.46. The Morgan fingerprint density at radius 1 is 1.11 bits per heavy atom. The molecule has 142 valence electrons. The van der Waals surface area contributed by atoms with Gasteiger partial charge in [0.25, 0.3) is 0 Å². The monoisotopic (exact) mass is 380 g/mol. The maximum absolute atomic E-state index is 12.4. The zero-order chi connectivity index (χ0) is 20.5. The summed E-state index contributed by atoms with van der Waals surface area (Å²) < 4.78 is 15.6. The largest absolute Gasteiger partial charge is 0.496 e. The van der Waals surface area contributed by atoms with Crippen molar-refractivity contribution in [2.45, 2.75) is 0 Å². The summed E-state index contributed by atoms with van der Waals surface area (Å²) in [6, 6.07) is 13.1. The molecule has 0 saturated carbocycles. The number of methoxy groups -OCH3 is 2. The molecule has 0 aliphatic carbocycles. The molecule has 0 spiro atoms. The number of hydrogen-bond acceptors (Lipinski definition) is 7. The van der Waals surface area contributed by atoms with E-state index in [0.29, 0.717) is 16.9 Å². The smallest absolute Gasteiger partial charge is 0.354 e. The van der Waals surface area contributed by atoms with Crippen molar-refractivity contribution >= 4 is 18.1 Å². The van der Waals surface area contributed by atoms with Crippen LogP contribution in [0.5, 0.6) is 17.2 Å². The highest BCUT2D eigenvalue weighted by Crippen LogP contribution is 2.29. The highest BCUT2D eigenvalue weighted by atomic mass is 16.6. The Hall–Kier alpha value is -4.12. The Morgan fingerprint density at radius 3 is 2.46 bits per heavy atom. The van der Waals surface area contributed by atoms with Crippen molar-refractivity contribution in [3.63, 3.8) is 0 Å². The molecule has 8 heteroatoms. The lowest BCUT2D eigenvalue weighted by molar-refractivity contribution is -0.400. The topological polar surface area (TPSA) is 112 Å². The molecule has 0 aromatic heterocycles. The number of esters is 1. The highest BCUT2D eigenvalue weighted by Gasteiger charge is 2.16. The summed E-state index contributed by atoms with van der Waals surface area (Å²) in [5.74, 6) is -0.108. The van der Waals surface area contributed by atoms with Crippen LogP contribution < -0.4 is 14.2 Å². The number of carbonyl (C=O) groups excluding carboxylic acids is 1. The van der Waals surface area contributed by atoms with Crippen molar-refractivity contribution in [2.24, 2.45) is 0 Å². The molecule has 2 aromatic rings. The van der Waals surface area contributed by atoms with Gasteiger partial charge in [-0.1, -0.05) is 24.3 Å². The van der Waals surface area contributed by atoms with E-state index in [1.807, 2.05) is 6.07 Å². The third-order valence-corrected chi connectivity index (χ3v) is 3.56. The number of carbonyl (C=O) groups is 1. The number of hydrogen-bond donors (Lipinski definition) is 0. The lowest BCUT2D eigenvalue weighted by Gasteiger charge is -2.10. The van der Waals surface area contributed by atoms with Gasteiger partial charge in [0.05, 0.1) is 19.1 Å². The predicted molar refractivity (Wildman–Crippen MR) is 101 cm³/mol. The van der Waals surface area contributed by atoms with Gasteiger partial charge in [0.2, 0.25) is 6.20 Å². The van der Waals surface area contributed by atoms with Crippen LogP contribution in [0.25, 0.3) is 12.2 Å². The van der Waals surface area contributed by atoms with Gasteiger partial charge < -0.3 is 14.2 Å². The Kier molecular flexibility index (Phi) is 6.88. The van der Waals surface area contributed by atoms with Crippen LogP contribution in [-0.2, 0) is 4.79 Å². The third kappa shape index (κ3) is 5.19. The summed E-state index contributed by atoms with van der Waals surface area (Å²) >= 11 is 0. The van der Waals surface area contributed by atoms with Gasteiger partial charge in [-0.15, -0.1) is 0 Å². The Morgan fingerprint density at radius 2 is 1.82 bits per heavy atom. The number of benzene rings is 2. The van der Waals surface area contributed by atoms with E-state index in [4.69, 9.17) is 14.2 Å². The molecule has 2 aromatic carbocycles. The summed E-state index contributed by atoms with van der Waals surface area (Å²) in [7, 11) is 2.85. The molecule has 0 aliphatic rings. The molecule has 0 N–H and O–H groups in total. The van der Waals surface area contributed by atoms with Gasteiger partial charge >= 0.3 is 5.97 Å². The summed E-state index contributed by atoms with van der Waals surface area (Å²) in [5, 5.41) is 19.7. The average molecular weight is 380 g/mol. The molecular weight excluding hydrogens is 364 g/mol. The summed E-state index contributed by atoms with van der Waals surface area (Å²) in [4.78, 5) is 22.2. The molecule has 0 aliphatic heterocycles. The van der Waals surface area contributed by atoms with Crippen molar-refractivity contribution < 1.29 is 23.9 Å². The first-order valence-electron chi connectivity index (χ1n) is 7.95. The first kappa shape index (κ1) is 20.2. The van der Waals surface area contributed by atoms with E-state index in [1.54, 1.807) is 24.3 Å². The third-order valence-electron chi connectivity index (χ3n) is 3.56. The minimum atomic E-state index is -0.875. The van der Waals surface area contributed by atoms with Crippen LogP contribution in [0, 0.1) is 21.4 Å². The molecule has 0 atom stereocenters. The van der Waals surface area contributed by atoms with Crippen LogP contribution in [-0.4, -0.2) is 25.1 Å². The van der Waals surface area contributed by atoms with Gasteiger partial charge in [0.15, 0.2) is 11.5 Å². The van der Waals surface area contributed by atoms with Crippen molar-refractivity contribution in [1.82, 2.24) is 0 Å². The Bertz CT molecular complexity index is 988. The number of ether oxygens (including phenoxy) is 3. The molecule has 0 radical (unpaired) electrons. The lowest BCUT2D eigenvalue weighted by atomic mass is 10.1. The molecule has 0 bridgehead atoms. The molecular formula is C20H16N2O6. The van der Waals surface area contributed by atoms with E-state index in [2.05, 4.69) is 0 Å². The quantitative estimate of drug-likeness (QED) is 0.180. The number of nitrogens with zero attached hydrogens (tertiary/aromatic N) is 2. The number of nitriles is 1. The van der Waals surface area contributed by atoms with Gasteiger partial charge in [-0.05, 0) is 29.8 Å². The lowest BCUT2D eigenvalue weighted by Crippen LogP contribution is -2.11. The fourth-order valence-electron chi connectivity index (χ4n) is 2.25. The molecule has 0 saturated heterocycles. The van der Waals surface area contributed by atoms with Crippen molar-refractivity contribution in [3.05, 3.63) is 75.5 Å². The van der Waals surface area contributed by atoms with Crippen LogP contribution in [0.2, 0.25) is 0 Å². The van der Waals surface area contributed by atoms with Crippen molar-refractivity contribution in [2.75, 3.05) is 14.2 Å². The minimum Gasteiger partial charge on any atom is -0.496 e. The zero-order valence-electron chi connectivity index (χ0n) is 15.1. The van der Waals surface area contributed by atoms with Gasteiger partial charge in [-0.3, -0.25) is 10.1 Å². The fourth-order valence-corrected chi connectivity index (χ4v) is 2.25. The van der Waals surface area contributed by atoms with E-state index in [1.165, 1.54) is 44.6 Å². The first-order valence-corrected chi connectivity index (χ1v) is 7.95. The Labute approximate surface area is 161 Å². The zero-order valence-corrected chi connectivity index (χ0v) is 15.1. The van der Waals surface area contributed by atoms with Crippen LogP contribution in [0.1, 0.15) is 11.1 Å². The van der Waals surface area contributed by atoms with E-state index < -0.39 is 10.9 Å². The maximum atomic E-state index is 12.4. The molecule has 2 rings (SSSR count). The summed E-state index contributed by atoms with van der Waals surface area (Å²) in [6.45, 7) is 0. The van der Waals surface area contributed by atoms with Crippen molar-refractivity contribution in [3.8, 4) is 23.3 Å². The number of nitro groups is 1. The van der Waals surface area contributed by atoms with Crippen molar-refractivity contribution in [1.29, 1.82) is 5.26 Å². The first-order chi connectivity index (χ1) is 13.5. The van der Waals surface area contributed by atoms with Gasteiger partial charge in [0, 0.05) is 11.6 Å². The highest BCUT2D eigenvalue weighted by molar-refractivity contribution is 5.99. The van der Waals surface area contributed by atoms with Crippen LogP contribution in [0.15, 0.2) is 54.2 Å². The molecule has 0 amide bonds. The Balaban J connectivity index is 2.28. The number of rotatable bonds is 7. The molecule has 0 fully saturated rings. The van der Waals surface area contributed by atoms with Gasteiger partial charge in [-0.25, -0.2) is 4.79 Å². The summed E-state index contributed by atoms with van der Waals surface area (Å²) in [5.41, 5.74) is 0.799. The fraction of sp³-hybridized carbons (Fsp3) is 0.100. The molecule has 0 heterocycles. The second-order valence-electron chi connectivity index (χ2n) is 5.31. The average Bonchev–Trinajstić information content (AvgIpc) is 2.71. The van der Waals surface area contributed by atoms with E-state index in [-0.39, 0.29) is 17.1 Å². The van der Waals surface area contributed by atoms with Crippen LogP contribution in [0.3, 0.4) is 0 Å². The van der Waals surface area contributed by atoms with Gasteiger partial charge in [0.1, 0.15) is 17.4 Å². The minimum absolute atomic E-state index is 0.0759. The second kappa shape index (κ2) is 9.54. The second-order valence-corrected chi connectivity index (χ2v) is 5.31. The normalized spacial score (nSPS) is 11.0. The standard InChI is InChI=1S/C20H16N2O6/c1-26-17-6-4-3-5-15(17)12-16(13-21)20(23)28-18-8-7-14(9-10-22(24)25)11-19(18)27-2/h3-12H,1-2H3/b10-9+,16-12+. The molecule has 8 nitrogen and oxygen atoms in total. The maximum Gasteiger partial charge on any atom is 0.354 e. The molecule has 28 heavy (non-hydrogen) atoms. The summed E-state index contributed by atoms with van der Waals surface area (Å²) in [6.07, 6.45) is 3.42. The van der Waals surface area contributed by atoms with Crippen LogP contribution in [0.4, 0.5) is 0 Å². The van der Waals surface area contributed by atoms with Crippen LogP contribution >= 0.6 is 0 Å².